The molecule has 1 aliphatic carbocycles. The van der Waals surface area contributed by atoms with Crippen molar-refractivity contribution in [2.75, 3.05) is 26.2 Å². The van der Waals surface area contributed by atoms with Crippen molar-refractivity contribution < 1.29 is 14.0 Å². The number of hydrogen-bond acceptors (Lipinski definition) is 4. The summed E-state index contributed by atoms with van der Waals surface area (Å²) >= 11 is 0. The van der Waals surface area contributed by atoms with E-state index in [0.29, 0.717) is 25.6 Å². The molecule has 0 spiro atoms. The first kappa shape index (κ1) is 19.7. The number of hydrogen-bond donors (Lipinski definition) is 1. The molecule has 2 aromatic rings. The molecule has 154 valence electrons. The lowest BCUT2D eigenvalue weighted by Crippen LogP contribution is -2.57. The zero-order valence-electron chi connectivity index (χ0n) is 16.8. The van der Waals surface area contributed by atoms with Gasteiger partial charge >= 0.3 is 0 Å². The predicted octanol–water partition coefficient (Wildman–Crippen LogP) is 2.91. The Morgan fingerprint density at radius 2 is 1.72 bits per heavy atom. The summed E-state index contributed by atoms with van der Waals surface area (Å²) in [6, 6.07) is 13.0. The highest BCUT2D eigenvalue weighted by Gasteiger charge is 2.37. The van der Waals surface area contributed by atoms with E-state index < -0.39 is 0 Å². The molecular weight excluding hydrogens is 366 g/mol. The van der Waals surface area contributed by atoms with E-state index in [1.54, 1.807) is 6.26 Å². The van der Waals surface area contributed by atoms with Gasteiger partial charge in [0.1, 0.15) is 5.76 Å². The van der Waals surface area contributed by atoms with Gasteiger partial charge in [-0.3, -0.25) is 14.5 Å². The first-order valence-electron chi connectivity index (χ1n) is 10.6. The molecule has 1 aromatic carbocycles. The van der Waals surface area contributed by atoms with Crippen molar-refractivity contribution in [1.29, 1.82) is 0 Å². The Balaban J connectivity index is 1.38. The van der Waals surface area contributed by atoms with Gasteiger partial charge in [0.25, 0.3) is 5.91 Å². The molecule has 1 aromatic heterocycles. The third kappa shape index (κ3) is 4.70. The zero-order chi connectivity index (χ0) is 20.1. The molecule has 2 heterocycles. The Labute approximate surface area is 171 Å². The van der Waals surface area contributed by atoms with Crippen molar-refractivity contribution >= 4 is 11.8 Å². The quantitative estimate of drug-likeness (QED) is 0.817. The predicted molar refractivity (Wildman–Crippen MR) is 110 cm³/mol. The van der Waals surface area contributed by atoms with Gasteiger partial charge in [0, 0.05) is 31.7 Å². The largest absolute Gasteiger partial charge is 0.467 e. The van der Waals surface area contributed by atoms with Crippen LogP contribution in [-0.2, 0) is 11.3 Å². The Morgan fingerprint density at radius 3 is 2.38 bits per heavy atom. The highest BCUT2D eigenvalue weighted by molar-refractivity contribution is 5.94. The van der Waals surface area contributed by atoms with E-state index in [-0.39, 0.29) is 17.9 Å². The average Bonchev–Trinajstić information content (AvgIpc) is 3.48. The topological polar surface area (TPSA) is 65.8 Å². The highest BCUT2D eigenvalue weighted by Crippen LogP contribution is 2.31. The number of piperazine rings is 1. The van der Waals surface area contributed by atoms with Gasteiger partial charge in [0.05, 0.1) is 18.8 Å². The van der Waals surface area contributed by atoms with Gasteiger partial charge in [-0.05, 0) is 43.0 Å². The molecule has 4 rings (SSSR count). The third-order valence-electron chi connectivity index (χ3n) is 6.15. The molecule has 1 saturated heterocycles. The molecule has 6 heteroatoms. The van der Waals surface area contributed by atoms with Gasteiger partial charge < -0.3 is 14.6 Å². The molecule has 0 bridgehead atoms. The number of furan rings is 1. The lowest BCUT2D eigenvalue weighted by Gasteiger charge is -2.40. The maximum absolute atomic E-state index is 13.1. The van der Waals surface area contributed by atoms with E-state index in [1.165, 1.54) is 12.8 Å². The lowest BCUT2D eigenvalue weighted by atomic mass is 9.95. The molecule has 2 amide bonds. The summed E-state index contributed by atoms with van der Waals surface area (Å²) in [5, 5.41) is 3.06. The summed E-state index contributed by atoms with van der Waals surface area (Å²) in [5.74, 6) is 1.31. The van der Waals surface area contributed by atoms with Crippen molar-refractivity contribution in [1.82, 2.24) is 15.1 Å². The van der Waals surface area contributed by atoms with Gasteiger partial charge in [-0.15, -0.1) is 0 Å². The van der Waals surface area contributed by atoms with Gasteiger partial charge in [-0.2, -0.15) is 0 Å². The van der Waals surface area contributed by atoms with E-state index in [2.05, 4.69) is 10.2 Å². The van der Waals surface area contributed by atoms with Crippen LogP contribution in [-0.4, -0.2) is 53.8 Å². The SMILES string of the molecule is O=C(NCc1ccco1)C(C1CCCC1)N1CCN(C(=O)c2ccccc2)CC1. The minimum absolute atomic E-state index is 0.0740. The van der Waals surface area contributed by atoms with E-state index in [0.717, 1.165) is 37.3 Å². The molecule has 2 fully saturated rings. The maximum atomic E-state index is 13.1. The number of amides is 2. The van der Waals surface area contributed by atoms with Crippen LogP contribution in [0.25, 0.3) is 0 Å². The number of benzene rings is 1. The van der Waals surface area contributed by atoms with Crippen LogP contribution in [0, 0.1) is 5.92 Å². The van der Waals surface area contributed by atoms with Crippen molar-refractivity contribution in [2.45, 2.75) is 38.3 Å². The molecule has 1 unspecified atom stereocenters. The maximum Gasteiger partial charge on any atom is 0.253 e. The molecule has 1 N–H and O–H groups in total. The highest BCUT2D eigenvalue weighted by atomic mass is 16.3. The second-order valence-corrected chi connectivity index (χ2v) is 7.98. The number of carbonyl (C=O) groups is 2. The van der Waals surface area contributed by atoms with Crippen LogP contribution in [0.15, 0.2) is 53.1 Å². The monoisotopic (exact) mass is 395 g/mol. The number of rotatable bonds is 6. The van der Waals surface area contributed by atoms with Crippen LogP contribution in [0.3, 0.4) is 0 Å². The number of carbonyl (C=O) groups excluding carboxylic acids is 2. The van der Waals surface area contributed by atoms with Crippen molar-refractivity contribution in [3.8, 4) is 0 Å². The van der Waals surface area contributed by atoms with Gasteiger partial charge in [-0.25, -0.2) is 0 Å². The van der Waals surface area contributed by atoms with Gasteiger partial charge in [-0.1, -0.05) is 31.0 Å². The van der Waals surface area contributed by atoms with E-state index in [1.807, 2.05) is 47.4 Å². The average molecular weight is 396 g/mol. The summed E-state index contributed by atoms with van der Waals surface area (Å²) < 4.78 is 5.34. The summed E-state index contributed by atoms with van der Waals surface area (Å²) in [5.41, 5.74) is 0.726. The molecule has 1 aliphatic heterocycles. The smallest absolute Gasteiger partial charge is 0.253 e. The standard InChI is InChI=1S/C23H29N3O3/c27-22(24-17-20-11-6-16-29-20)21(18-7-4-5-8-18)25-12-14-26(15-13-25)23(28)19-9-2-1-3-10-19/h1-3,6,9-11,16,18,21H,4-5,7-8,12-15,17H2,(H,24,27). The fourth-order valence-electron chi connectivity index (χ4n) is 4.61. The first-order chi connectivity index (χ1) is 14.2. The van der Waals surface area contributed by atoms with Crippen molar-refractivity contribution in [3.05, 3.63) is 60.1 Å². The number of nitrogens with zero attached hydrogens (tertiary/aromatic N) is 2. The fourth-order valence-corrected chi connectivity index (χ4v) is 4.61. The molecule has 1 atom stereocenters. The van der Waals surface area contributed by atoms with Gasteiger partial charge in [0.15, 0.2) is 0 Å². The minimum Gasteiger partial charge on any atom is -0.467 e. The summed E-state index contributed by atoms with van der Waals surface area (Å²) in [6.07, 6.45) is 6.21. The van der Waals surface area contributed by atoms with Crippen molar-refractivity contribution in [2.24, 2.45) is 5.92 Å². The molecule has 2 aliphatic rings. The van der Waals surface area contributed by atoms with Crippen LogP contribution in [0.2, 0.25) is 0 Å². The van der Waals surface area contributed by atoms with Crippen LogP contribution >= 0.6 is 0 Å². The normalized spacial score (nSPS) is 19.2. The molecule has 29 heavy (non-hydrogen) atoms. The second-order valence-electron chi connectivity index (χ2n) is 7.98. The summed E-state index contributed by atoms with van der Waals surface area (Å²) in [6.45, 7) is 3.19. The van der Waals surface area contributed by atoms with E-state index in [4.69, 9.17) is 4.42 Å². The lowest BCUT2D eigenvalue weighted by molar-refractivity contribution is -0.129. The van der Waals surface area contributed by atoms with Crippen LogP contribution < -0.4 is 5.32 Å². The van der Waals surface area contributed by atoms with Crippen LogP contribution in [0.4, 0.5) is 0 Å². The molecule has 0 radical (unpaired) electrons. The second kappa shape index (κ2) is 9.27. The fraction of sp³-hybridized carbons (Fsp3) is 0.478. The molecule has 1 saturated carbocycles. The molecule has 6 nitrogen and oxygen atoms in total. The first-order valence-corrected chi connectivity index (χ1v) is 10.6. The van der Waals surface area contributed by atoms with Crippen LogP contribution in [0.5, 0.6) is 0 Å². The van der Waals surface area contributed by atoms with Crippen LogP contribution in [0.1, 0.15) is 41.8 Å². The summed E-state index contributed by atoms with van der Waals surface area (Å²) in [4.78, 5) is 30.0. The third-order valence-corrected chi connectivity index (χ3v) is 6.15. The summed E-state index contributed by atoms with van der Waals surface area (Å²) in [7, 11) is 0. The Kier molecular flexibility index (Phi) is 6.30. The van der Waals surface area contributed by atoms with Gasteiger partial charge in [0.2, 0.25) is 5.91 Å². The number of nitrogens with one attached hydrogen (secondary N) is 1. The zero-order valence-corrected chi connectivity index (χ0v) is 16.8. The van der Waals surface area contributed by atoms with Crippen molar-refractivity contribution in [3.63, 3.8) is 0 Å². The van der Waals surface area contributed by atoms with E-state index >= 15 is 0 Å². The Bertz CT molecular complexity index is 792. The minimum atomic E-state index is -0.124. The Hall–Kier alpha value is -2.60. The molecular formula is C23H29N3O3. The Morgan fingerprint density at radius 1 is 1.00 bits per heavy atom. The van der Waals surface area contributed by atoms with E-state index in [9.17, 15) is 9.59 Å².